The van der Waals surface area contributed by atoms with Gasteiger partial charge in [-0.2, -0.15) is 0 Å². The summed E-state index contributed by atoms with van der Waals surface area (Å²) >= 11 is 0. The molecule has 1 aromatic rings. The molecule has 0 aliphatic carbocycles. The Morgan fingerprint density at radius 1 is 1.40 bits per heavy atom. The number of carbonyl (C=O) groups excluding carboxylic acids is 1. The van der Waals surface area contributed by atoms with E-state index in [9.17, 15) is 4.79 Å². The summed E-state index contributed by atoms with van der Waals surface area (Å²) in [5.74, 6) is -0.208. The second kappa shape index (κ2) is 5.39. The van der Waals surface area contributed by atoms with Crippen LogP contribution in [0.5, 0.6) is 0 Å². The van der Waals surface area contributed by atoms with Crippen molar-refractivity contribution in [2.45, 2.75) is 19.9 Å². The van der Waals surface area contributed by atoms with Crippen LogP contribution in [0, 0.1) is 0 Å². The molecule has 1 atom stereocenters. The number of para-hydroxylation sites is 1. The van der Waals surface area contributed by atoms with Crippen LogP contribution in [0.2, 0.25) is 0 Å². The molecule has 15 heavy (non-hydrogen) atoms. The van der Waals surface area contributed by atoms with Crippen molar-refractivity contribution in [2.75, 3.05) is 18.6 Å². The molecular formula is C12H17NO2. The van der Waals surface area contributed by atoms with E-state index in [4.69, 9.17) is 4.74 Å². The molecule has 0 N–H and O–H groups in total. The number of benzene rings is 1. The molecule has 0 fully saturated rings. The topological polar surface area (TPSA) is 29.5 Å². The molecule has 0 heterocycles. The first kappa shape index (κ1) is 11.6. The lowest BCUT2D eigenvalue weighted by Crippen LogP contribution is -2.39. The second-order valence-corrected chi connectivity index (χ2v) is 3.32. The Morgan fingerprint density at radius 2 is 2.00 bits per heavy atom. The van der Waals surface area contributed by atoms with Gasteiger partial charge in [-0.05, 0) is 26.0 Å². The molecule has 0 spiro atoms. The van der Waals surface area contributed by atoms with E-state index in [-0.39, 0.29) is 12.0 Å². The first-order valence-electron chi connectivity index (χ1n) is 5.10. The van der Waals surface area contributed by atoms with Crippen molar-refractivity contribution in [3.8, 4) is 0 Å². The number of esters is 1. The van der Waals surface area contributed by atoms with Gasteiger partial charge in [0.05, 0.1) is 7.11 Å². The number of anilines is 1. The van der Waals surface area contributed by atoms with Crippen LogP contribution in [0.25, 0.3) is 0 Å². The van der Waals surface area contributed by atoms with Crippen molar-refractivity contribution >= 4 is 11.7 Å². The number of carbonyl (C=O) groups is 1. The molecule has 3 heteroatoms. The highest BCUT2D eigenvalue weighted by atomic mass is 16.5. The molecule has 0 saturated carbocycles. The largest absolute Gasteiger partial charge is 0.467 e. The van der Waals surface area contributed by atoms with E-state index in [2.05, 4.69) is 0 Å². The van der Waals surface area contributed by atoms with Crippen molar-refractivity contribution in [3.63, 3.8) is 0 Å². The summed E-state index contributed by atoms with van der Waals surface area (Å²) in [6.07, 6.45) is 0. The highest BCUT2D eigenvalue weighted by Gasteiger charge is 2.20. The minimum absolute atomic E-state index is 0.208. The molecule has 1 aromatic carbocycles. The van der Waals surface area contributed by atoms with Gasteiger partial charge in [0.25, 0.3) is 0 Å². The van der Waals surface area contributed by atoms with Crippen LogP contribution in [-0.4, -0.2) is 25.7 Å². The SMILES string of the molecule is CCN(c1ccccc1)[C@@H](C)C(=O)OC. The van der Waals surface area contributed by atoms with Gasteiger partial charge >= 0.3 is 5.97 Å². The lowest BCUT2D eigenvalue weighted by Gasteiger charge is -2.28. The van der Waals surface area contributed by atoms with E-state index >= 15 is 0 Å². The highest BCUT2D eigenvalue weighted by molar-refractivity contribution is 5.79. The van der Waals surface area contributed by atoms with Gasteiger partial charge in [-0.15, -0.1) is 0 Å². The Morgan fingerprint density at radius 3 is 2.47 bits per heavy atom. The Bertz CT molecular complexity index is 311. The molecule has 1 rings (SSSR count). The Balaban J connectivity index is 2.85. The predicted molar refractivity (Wildman–Crippen MR) is 60.9 cm³/mol. The van der Waals surface area contributed by atoms with Crippen molar-refractivity contribution in [2.24, 2.45) is 0 Å². The average Bonchev–Trinajstić information content (AvgIpc) is 2.30. The summed E-state index contributed by atoms with van der Waals surface area (Å²) in [5, 5.41) is 0. The first-order chi connectivity index (χ1) is 7.20. The maximum absolute atomic E-state index is 11.4. The molecule has 3 nitrogen and oxygen atoms in total. The van der Waals surface area contributed by atoms with Gasteiger partial charge < -0.3 is 9.64 Å². The van der Waals surface area contributed by atoms with Gasteiger partial charge in [0, 0.05) is 12.2 Å². The monoisotopic (exact) mass is 207 g/mol. The highest BCUT2D eigenvalue weighted by Crippen LogP contribution is 2.16. The molecule has 0 aliphatic heterocycles. The smallest absolute Gasteiger partial charge is 0.328 e. The molecule has 0 saturated heterocycles. The zero-order valence-corrected chi connectivity index (χ0v) is 9.43. The van der Waals surface area contributed by atoms with Crippen LogP contribution < -0.4 is 4.90 Å². The van der Waals surface area contributed by atoms with Crippen LogP contribution >= 0.6 is 0 Å². The van der Waals surface area contributed by atoms with E-state index in [0.29, 0.717) is 0 Å². The van der Waals surface area contributed by atoms with Gasteiger partial charge in [0.2, 0.25) is 0 Å². The molecule has 0 aliphatic rings. The summed E-state index contributed by atoms with van der Waals surface area (Å²) in [4.78, 5) is 13.4. The molecule has 82 valence electrons. The van der Waals surface area contributed by atoms with E-state index in [0.717, 1.165) is 12.2 Å². The summed E-state index contributed by atoms with van der Waals surface area (Å²) in [5.41, 5.74) is 1.04. The minimum Gasteiger partial charge on any atom is -0.467 e. The molecular weight excluding hydrogens is 190 g/mol. The lowest BCUT2D eigenvalue weighted by molar-refractivity contribution is -0.141. The standard InChI is InChI=1S/C12H17NO2/c1-4-13(10(2)12(14)15-3)11-8-6-5-7-9-11/h5-10H,4H2,1-3H3/t10-/m0/s1. The number of hydrogen-bond donors (Lipinski definition) is 0. The van der Waals surface area contributed by atoms with Crippen molar-refractivity contribution in [1.29, 1.82) is 0 Å². The minimum atomic E-state index is -0.248. The van der Waals surface area contributed by atoms with Crippen LogP contribution in [0.4, 0.5) is 5.69 Å². The third-order valence-electron chi connectivity index (χ3n) is 2.44. The Labute approximate surface area is 90.7 Å². The van der Waals surface area contributed by atoms with Crippen molar-refractivity contribution in [1.82, 2.24) is 0 Å². The van der Waals surface area contributed by atoms with Gasteiger partial charge in [0.15, 0.2) is 0 Å². The van der Waals surface area contributed by atoms with E-state index in [1.165, 1.54) is 7.11 Å². The van der Waals surface area contributed by atoms with Gasteiger partial charge in [0.1, 0.15) is 6.04 Å². The molecule has 0 amide bonds. The number of ether oxygens (including phenoxy) is 1. The number of methoxy groups -OCH3 is 1. The quantitative estimate of drug-likeness (QED) is 0.708. The maximum Gasteiger partial charge on any atom is 0.328 e. The maximum atomic E-state index is 11.4. The molecule has 0 bridgehead atoms. The van der Waals surface area contributed by atoms with E-state index in [1.807, 2.05) is 49.1 Å². The Hall–Kier alpha value is -1.51. The van der Waals surface area contributed by atoms with Crippen LogP contribution in [-0.2, 0) is 9.53 Å². The van der Waals surface area contributed by atoms with Crippen LogP contribution in [0.15, 0.2) is 30.3 Å². The zero-order valence-electron chi connectivity index (χ0n) is 9.43. The number of hydrogen-bond acceptors (Lipinski definition) is 3. The lowest BCUT2D eigenvalue weighted by atomic mass is 10.2. The number of rotatable bonds is 4. The normalized spacial score (nSPS) is 11.9. The third-order valence-corrected chi connectivity index (χ3v) is 2.44. The second-order valence-electron chi connectivity index (χ2n) is 3.32. The van der Waals surface area contributed by atoms with Gasteiger partial charge in [-0.25, -0.2) is 4.79 Å². The van der Waals surface area contributed by atoms with Gasteiger partial charge in [-0.3, -0.25) is 0 Å². The van der Waals surface area contributed by atoms with Crippen LogP contribution in [0.1, 0.15) is 13.8 Å². The van der Waals surface area contributed by atoms with E-state index in [1.54, 1.807) is 0 Å². The fourth-order valence-corrected chi connectivity index (χ4v) is 1.60. The van der Waals surface area contributed by atoms with E-state index < -0.39 is 0 Å². The average molecular weight is 207 g/mol. The van der Waals surface area contributed by atoms with Crippen molar-refractivity contribution in [3.05, 3.63) is 30.3 Å². The summed E-state index contributed by atoms with van der Waals surface area (Å²) in [7, 11) is 1.41. The van der Waals surface area contributed by atoms with Crippen molar-refractivity contribution < 1.29 is 9.53 Å². The zero-order chi connectivity index (χ0) is 11.3. The number of nitrogens with zero attached hydrogens (tertiary/aromatic N) is 1. The first-order valence-corrected chi connectivity index (χ1v) is 5.10. The fraction of sp³-hybridized carbons (Fsp3) is 0.417. The molecule has 0 radical (unpaired) electrons. The Kier molecular flexibility index (Phi) is 4.16. The molecule has 0 unspecified atom stereocenters. The van der Waals surface area contributed by atoms with Gasteiger partial charge in [-0.1, -0.05) is 18.2 Å². The molecule has 0 aromatic heterocycles. The number of likely N-dealkylation sites (N-methyl/N-ethyl adjacent to an activating group) is 1. The van der Waals surface area contributed by atoms with Crippen LogP contribution in [0.3, 0.4) is 0 Å². The predicted octanol–water partition coefficient (Wildman–Crippen LogP) is 2.07. The summed E-state index contributed by atoms with van der Waals surface area (Å²) < 4.78 is 4.74. The fourth-order valence-electron chi connectivity index (χ4n) is 1.60. The summed E-state index contributed by atoms with van der Waals surface area (Å²) in [6.45, 7) is 4.65. The summed E-state index contributed by atoms with van der Waals surface area (Å²) in [6, 6.07) is 9.61. The third kappa shape index (κ3) is 2.72.